The van der Waals surface area contributed by atoms with Gasteiger partial charge >= 0.3 is 57.4 Å². The van der Waals surface area contributed by atoms with Crippen LogP contribution in [0.3, 0.4) is 0 Å². The van der Waals surface area contributed by atoms with E-state index >= 15 is 0 Å². The third-order valence-corrected chi connectivity index (χ3v) is 2.90. The normalized spacial score (nSPS) is 12.5. The smallest absolute Gasteiger partial charge is 0.748 e. The molecule has 1 atom stereocenters. The molecule has 0 aliphatic rings. The monoisotopic (exact) mass is 260 g/mol. The largest absolute Gasteiger partial charge is 1.00 e. The molecule has 0 aromatic rings. The molecule has 82 valence electrons. The number of carbonyl (C=O) groups is 1. The molecule has 0 bridgehead atoms. The van der Waals surface area contributed by atoms with Crippen molar-refractivity contribution in [1.82, 2.24) is 0 Å². The average Bonchev–Trinajstić information content (AvgIpc) is 2.02. The summed E-state index contributed by atoms with van der Waals surface area (Å²) >= 11 is 0. The maximum absolute atomic E-state index is 10.9. The molecule has 0 aliphatic carbocycles. The fourth-order valence-electron chi connectivity index (χ4n) is 0.697. The third-order valence-electron chi connectivity index (χ3n) is 1.61. The molecule has 5 nitrogen and oxygen atoms in total. The van der Waals surface area contributed by atoms with E-state index in [-0.39, 0.29) is 63.4 Å². The molecule has 15 heavy (non-hydrogen) atoms. The minimum atomic E-state index is -4.39. The van der Waals surface area contributed by atoms with Gasteiger partial charge in [0.15, 0.2) is 0 Å². The minimum Gasteiger partial charge on any atom is -0.748 e. The Kier molecular flexibility index (Phi) is 9.59. The number of rotatable bonds is 5. The predicted molar refractivity (Wildman–Crippen MR) is 49.5 cm³/mol. The van der Waals surface area contributed by atoms with Crippen LogP contribution in [0.1, 0.15) is 20.3 Å². The summed E-state index contributed by atoms with van der Waals surface area (Å²) in [5.74, 6) is -0.688. The van der Waals surface area contributed by atoms with E-state index in [4.69, 9.17) is 0 Å². The summed E-state index contributed by atoms with van der Waals surface area (Å²) < 4.78 is 36.3. The average molecular weight is 260 g/mol. The van der Waals surface area contributed by atoms with Gasteiger partial charge in [-0.2, -0.15) is 0 Å². The van der Waals surface area contributed by atoms with Gasteiger partial charge < -0.3 is 9.29 Å². The van der Waals surface area contributed by atoms with Gasteiger partial charge in [0.05, 0.1) is 5.25 Å². The van der Waals surface area contributed by atoms with Crippen LogP contribution >= 0.6 is 0 Å². The maximum Gasteiger partial charge on any atom is 1.00 e. The van der Waals surface area contributed by atoms with Crippen molar-refractivity contribution < 1.29 is 73.9 Å². The number of hydrogen-bond donors (Lipinski definition) is 0. The summed E-state index contributed by atoms with van der Waals surface area (Å²) in [6.07, 6.45) is 0.120. The molecule has 0 radical (unpaired) electrons. The van der Waals surface area contributed by atoms with Crippen LogP contribution in [0.15, 0.2) is 12.2 Å². The molecule has 0 rings (SSSR count). The molecule has 0 fully saturated rings. The van der Waals surface area contributed by atoms with Crippen molar-refractivity contribution in [2.24, 2.45) is 0 Å². The Bertz CT molecular complexity index is 322. The van der Waals surface area contributed by atoms with Crippen molar-refractivity contribution in [3.05, 3.63) is 12.2 Å². The van der Waals surface area contributed by atoms with E-state index < -0.39 is 27.9 Å². The molecular weight excluding hydrogens is 247 g/mol. The second-order valence-corrected chi connectivity index (χ2v) is 4.55. The van der Waals surface area contributed by atoms with Gasteiger partial charge in [0.2, 0.25) is 0 Å². The Morgan fingerprint density at radius 2 is 2.00 bits per heavy atom. The van der Waals surface area contributed by atoms with E-state index in [2.05, 4.69) is 11.3 Å². The van der Waals surface area contributed by atoms with E-state index in [9.17, 15) is 17.8 Å². The maximum atomic E-state index is 10.9. The fourth-order valence-corrected chi connectivity index (χ4v) is 1.34. The van der Waals surface area contributed by atoms with Crippen molar-refractivity contribution >= 4 is 16.1 Å². The summed E-state index contributed by atoms with van der Waals surface area (Å²) in [5, 5.41) is -1.18. The van der Waals surface area contributed by atoms with E-state index in [1.165, 1.54) is 13.8 Å². The van der Waals surface area contributed by atoms with Gasteiger partial charge in [-0.1, -0.05) is 13.5 Å². The number of hydrogen-bond acceptors (Lipinski definition) is 5. The number of ether oxygens (including phenoxy) is 1. The molecule has 0 aromatic carbocycles. The second kappa shape index (κ2) is 7.94. The summed E-state index contributed by atoms with van der Waals surface area (Å²) in [4.78, 5) is 10.9. The second-order valence-electron chi connectivity index (χ2n) is 2.90. The Hall–Kier alpha value is 0.756. The Labute approximate surface area is 132 Å². The van der Waals surface area contributed by atoms with Crippen molar-refractivity contribution in [3.8, 4) is 0 Å². The van der Waals surface area contributed by atoms with E-state index in [0.29, 0.717) is 0 Å². The van der Waals surface area contributed by atoms with Gasteiger partial charge in [-0.3, -0.25) is 0 Å². The first-order valence-electron chi connectivity index (χ1n) is 4.06. The van der Waals surface area contributed by atoms with Crippen LogP contribution < -0.4 is 51.4 Å². The van der Waals surface area contributed by atoms with Gasteiger partial charge in [-0.15, -0.1) is 0 Å². The first-order chi connectivity index (χ1) is 6.29. The quantitative estimate of drug-likeness (QED) is 0.235. The SMILES string of the molecule is C=C(C)C(=O)OCC(CC)S(=O)(=O)[O-].[K+]. The topological polar surface area (TPSA) is 83.5 Å². The zero-order valence-electron chi connectivity index (χ0n) is 9.15. The molecule has 0 saturated heterocycles. The van der Waals surface area contributed by atoms with Crippen LogP contribution in [-0.2, 0) is 19.6 Å². The van der Waals surface area contributed by atoms with Gasteiger partial charge in [0, 0.05) is 5.57 Å². The first-order valence-corrected chi connectivity index (χ1v) is 5.53. The van der Waals surface area contributed by atoms with Crippen molar-refractivity contribution in [3.63, 3.8) is 0 Å². The molecule has 0 aliphatic heterocycles. The van der Waals surface area contributed by atoms with E-state index in [1.807, 2.05) is 0 Å². The van der Waals surface area contributed by atoms with Crippen LogP contribution in [-0.4, -0.2) is 30.8 Å². The van der Waals surface area contributed by atoms with Crippen molar-refractivity contribution in [2.45, 2.75) is 25.5 Å². The molecule has 1 unspecified atom stereocenters. The zero-order valence-corrected chi connectivity index (χ0v) is 13.1. The number of carbonyl (C=O) groups excluding carboxylic acids is 1. The van der Waals surface area contributed by atoms with Crippen molar-refractivity contribution in [2.75, 3.05) is 6.61 Å². The Morgan fingerprint density at radius 1 is 1.53 bits per heavy atom. The van der Waals surface area contributed by atoms with Crippen LogP contribution in [0.4, 0.5) is 0 Å². The molecule has 0 heterocycles. The summed E-state index contributed by atoms with van der Waals surface area (Å²) in [7, 11) is -4.39. The number of esters is 1. The predicted octanol–water partition coefficient (Wildman–Crippen LogP) is -2.57. The molecule has 0 spiro atoms. The molecular formula is C8H13KO5S. The van der Waals surface area contributed by atoms with Gasteiger partial charge in [-0.25, -0.2) is 13.2 Å². The van der Waals surface area contributed by atoms with Crippen LogP contribution in [0, 0.1) is 0 Å². The summed E-state index contributed by atoms with van der Waals surface area (Å²) in [5.41, 5.74) is 0.170. The Morgan fingerprint density at radius 3 is 2.27 bits per heavy atom. The fraction of sp³-hybridized carbons (Fsp3) is 0.625. The zero-order chi connectivity index (χ0) is 11.4. The van der Waals surface area contributed by atoms with E-state index in [0.717, 1.165) is 0 Å². The standard InChI is InChI=1S/C8H14O5S.K/c1-4-7(14(10,11)12)5-13-8(9)6(2)3;/h7H,2,4-5H2,1,3H3,(H,10,11,12);/q;+1/p-1. The van der Waals surface area contributed by atoms with E-state index in [1.54, 1.807) is 0 Å². The molecule has 0 amide bonds. The van der Waals surface area contributed by atoms with Crippen LogP contribution in [0.5, 0.6) is 0 Å². The van der Waals surface area contributed by atoms with Crippen LogP contribution in [0.25, 0.3) is 0 Å². The third kappa shape index (κ3) is 7.62. The molecule has 7 heteroatoms. The van der Waals surface area contributed by atoms with Crippen LogP contribution in [0.2, 0.25) is 0 Å². The molecule has 0 saturated carbocycles. The first kappa shape index (κ1) is 18.1. The minimum absolute atomic E-state index is 0. The summed E-state index contributed by atoms with van der Waals surface area (Å²) in [6.45, 7) is 5.89. The Balaban J connectivity index is 0. The summed E-state index contributed by atoms with van der Waals surface area (Å²) in [6, 6.07) is 0. The molecule has 0 aromatic heterocycles. The van der Waals surface area contributed by atoms with Crippen molar-refractivity contribution in [1.29, 1.82) is 0 Å². The van der Waals surface area contributed by atoms with Gasteiger partial charge in [0.25, 0.3) is 0 Å². The van der Waals surface area contributed by atoms with Gasteiger partial charge in [-0.05, 0) is 13.3 Å². The van der Waals surface area contributed by atoms with Gasteiger partial charge in [0.1, 0.15) is 16.7 Å². The molecule has 0 N–H and O–H groups in total.